The molecule has 24 heavy (non-hydrogen) atoms. The van der Waals surface area contributed by atoms with Gasteiger partial charge in [0.1, 0.15) is 0 Å². The first kappa shape index (κ1) is 15.1. The highest BCUT2D eigenvalue weighted by Gasteiger charge is 2.35. The van der Waals surface area contributed by atoms with Crippen molar-refractivity contribution in [3.8, 4) is 11.4 Å². The average Bonchev–Trinajstić information content (AvgIpc) is 3.29. The monoisotopic (exact) mass is 323 g/mol. The minimum atomic E-state index is 0.180. The summed E-state index contributed by atoms with van der Waals surface area (Å²) in [6.45, 7) is 5.91. The molecule has 3 heterocycles. The molecule has 1 saturated heterocycles. The van der Waals surface area contributed by atoms with E-state index in [-0.39, 0.29) is 5.92 Å². The van der Waals surface area contributed by atoms with E-state index in [1.165, 1.54) is 16.8 Å². The molecule has 6 heteroatoms. The molecule has 1 aromatic carbocycles. The zero-order chi connectivity index (χ0) is 16.7. The number of nitrogens with zero attached hydrogens (tertiary/aromatic N) is 4. The highest BCUT2D eigenvalue weighted by molar-refractivity contribution is 5.54. The lowest BCUT2D eigenvalue weighted by molar-refractivity contribution is 0.351. The molecule has 2 atom stereocenters. The summed E-state index contributed by atoms with van der Waals surface area (Å²) < 4.78 is 7.52. The van der Waals surface area contributed by atoms with E-state index < -0.39 is 0 Å². The Bertz CT molecular complexity index is 849. The maximum Gasteiger partial charge on any atom is 0.232 e. The predicted octanol–water partition coefficient (Wildman–Crippen LogP) is 2.56. The van der Waals surface area contributed by atoms with E-state index in [0.29, 0.717) is 17.6 Å². The van der Waals surface area contributed by atoms with E-state index in [4.69, 9.17) is 4.52 Å². The van der Waals surface area contributed by atoms with Crippen LogP contribution in [0.1, 0.15) is 34.5 Å². The minimum absolute atomic E-state index is 0.180. The van der Waals surface area contributed by atoms with Crippen LogP contribution in [0.4, 0.5) is 0 Å². The van der Waals surface area contributed by atoms with E-state index in [2.05, 4.69) is 46.5 Å². The fourth-order valence-electron chi connectivity index (χ4n) is 3.35. The second kappa shape index (κ2) is 5.87. The Morgan fingerprint density at radius 2 is 1.88 bits per heavy atom. The summed E-state index contributed by atoms with van der Waals surface area (Å²) in [5.74, 6) is 1.84. The molecule has 1 N–H and O–H groups in total. The fraction of sp³-hybridized carbons (Fsp3) is 0.389. The summed E-state index contributed by atoms with van der Waals surface area (Å²) >= 11 is 0. The molecule has 0 saturated carbocycles. The molecular formula is C18H21N5O. The molecule has 0 bridgehead atoms. The standard InChI is InChI=1S/C18H21N5O/c1-11-4-6-13(7-5-11)17-21-18(24-22-17)16-9-19-8-15(16)14-10-20-23(3)12(14)2/h4-7,10,15-16,19H,8-9H2,1-3H3/t15-,16+/m0/s1. The third-order valence-corrected chi connectivity index (χ3v) is 4.96. The van der Waals surface area contributed by atoms with Gasteiger partial charge in [-0.1, -0.05) is 35.0 Å². The quantitative estimate of drug-likeness (QED) is 0.802. The van der Waals surface area contributed by atoms with Crippen molar-refractivity contribution >= 4 is 0 Å². The summed E-state index contributed by atoms with van der Waals surface area (Å²) in [6, 6.07) is 8.17. The number of hydrogen-bond acceptors (Lipinski definition) is 5. The van der Waals surface area contributed by atoms with Gasteiger partial charge in [0.25, 0.3) is 0 Å². The molecule has 3 aromatic rings. The summed E-state index contributed by atoms with van der Waals surface area (Å²) in [5, 5.41) is 12.0. The van der Waals surface area contributed by atoms with Gasteiger partial charge < -0.3 is 9.84 Å². The molecule has 0 spiro atoms. The molecule has 2 aromatic heterocycles. The summed E-state index contributed by atoms with van der Waals surface area (Å²) in [6.07, 6.45) is 1.96. The van der Waals surface area contributed by atoms with Gasteiger partial charge >= 0.3 is 0 Å². The van der Waals surface area contributed by atoms with Gasteiger partial charge in [-0.05, 0) is 19.4 Å². The van der Waals surface area contributed by atoms with Crippen molar-refractivity contribution in [1.82, 2.24) is 25.2 Å². The van der Waals surface area contributed by atoms with Crippen LogP contribution in [0.5, 0.6) is 0 Å². The van der Waals surface area contributed by atoms with Crippen molar-refractivity contribution in [3.63, 3.8) is 0 Å². The molecule has 4 rings (SSSR count). The Balaban J connectivity index is 1.63. The molecule has 0 unspecified atom stereocenters. The molecule has 1 aliphatic heterocycles. The molecule has 0 amide bonds. The topological polar surface area (TPSA) is 68.8 Å². The van der Waals surface area contributed by atoms with Crippen LogP contribution in [0, 0.1) is 13.8 Å². The lowest BCUT2D eigenvalue weighted by Gasteiger charge is -2.14. The zero-order valence-electron chi connectivity index (χ0n) is 14.2. The van der Waals surface area contributed by atoms with Gasteiger partial charge in [0.2, 0.25) is 11.7 Å². The van der Waals surface area contributed by atoms with Crippen LogP contribution >= 0.6 is 0 Å². The second-order valence-electron chi connectivity index (χ2n) is 6.50. The Kier molecular flexibility index (Phi) is 3.69. The molecule has 6 nitrogen and oxygen atoms in total. The third kappa shape index (κ3) is 2.53. The van der Waals surface area contributed by atoms with Crippen LogP contribution in [-0.2, 0) is 7.05 Å². The summed E-state index contributed by atoms with van der Waals surface area (Å²) in [7, 11) is 1.97. The number of aromatic nitrogens is 4. The van der Waals surface area contributed by atoms with Gasteiger partial charge in [-0.15, -0.1) is 0 Å². The summed E-state index contributed by atoms with van der Waals surface area (Å²) in [4.78, 5) is 4.66. The van der Waals surface area contributed by atoms with Crippen molar-refractivity contribution in [2.75, 3.05) is 13.1 Å². The highest BCUT2D eigenvalue weighted by atomic mass is 16.5. The van der Waals surface area contributed by atoms with Gasteiger partial charge in [0, 0.05) is 37.3 Å². The number of benzene rings is 1. The lowest BCUT2D eigenvalue weighted by atomic mass is 9.89. The lowest BCUT2D eigenvalue weighted by Crippen LogP contribution is -2.10. The first-order chi connectivity index (χ1) is 11.6. The average molecular weight is 323 g/mol. The molecule has 124 valence electrons. The zero-order valence-corrected chi connectivity index (χ0v) is 14.2. The van der Waals surface area contributed by atoms with Crippen LogP contribution in [-0.4, -0.2) is 33.0 Å². The van der Waals surface area contributed by atoms with Crippen molar-refractivity contribution in [3.05, 3.63) is 53.2 Å². The second-order valence-corrected chi connectivity index (χ2v) is 6.50. The van der Waals surface area contributed by atoms with Crippen LogP contribution < -0.4 is 5.32 Å². The van der Waals surface area contributed by atoms with Crippen molar-refractivity contribution in [2.45, 2.75) is 25.7 Å². The normalized spacial score (nSPS) is 20.6. The smallest absolute Gasteiger partial charge is 0.232 e. The van der Waals surface area contributed by atoms with E-state index in [1.54, 1.807) is 0 Å². The van der Waals surface area contributed by atoms with Gasteiger partial charge in [0.05, 0.1) is 12.1 Å². The van der Waals surface area contributed by atoms with E-state index in [9.17, 15) is 0 Å². The predicted molar refractivity (Wildman–Crippen MR) is 90.8 cm³/mol. The minimum Gasteiger partial charge on any atom is -0.339 e. The molecule has 0 radical (unpaired) electrons. The third-order valence-electron chi connectivity index (χ3n) is 4.96. The number of hydrogen-bond donors (Lipinski definition) is 1. The van der Waals surface area contributed by atoms with Gasteiger partial charge in [0.15, 0.2) is 0 Å². The first-order valence-corrected chi connectivity index (χ1v) is 8.23. The Morgan fingerprint density at radius 1 is 1.12 bits per heavy atom. The molecule has 1 aliphatic rings. The number of rotatable bonds is 3. The van der Waals surface area contributed by atoms with Crippen LogP contribution in [0.25, 0.3) is 11.4 Å². The van der Waals surface area contributed by atoms with E-state index >= 15 is 0 Å². The Hall–Kier alpha value is -2.47. The largest absolute Gasteiger partial charge is 0.339 e. The van der Waals surface area contributed by atoms with Crippen molar-refractivity contribution < 1.29 is 4.52 Å². The van der Waals surface area contributed by atoms with Gasteiger partial charge in [-0.3, -0.25) is 4.68 Å². The van der Waals surface area contributed by atoms with E-state index in [1.807, 2.05) is 30.1 Å². The summed E-state index contributed by atoms with van der Waals surface area (Å²) in [5.41, 5.74) is 4.64. The maximum atomic E-state index is 5.60. The first-order valence-electron chi connectivity index (χ1n) is 8.23. The van der Waals surface area contributed by atoms with Gasteiger partial charge in [-0.25, -0.2) is 0 Å². The van der Waals surface area contributed by atoms with E-state index in [0.717, 1.165) is 18.7 Å². The molecule has 1 fully saturated rings. The van der Waals surface area contributed by atoms with Crippen molar-refractivity contribution in [2.24, 2.45) is 7.05 Å². The van der Waals surface area contributed by atoms with Gasteiger partial charge in [-0.2, -0.15) is 10.1 Å². The number of nitrogens with one attached hydrogen (secondary N) is 1. The fourth-order valence-corrected chi connectivity index (χ4v) is 3.35. The highest BCUT2D eigenvalue weighted by Crippen LogP contribution is 2.36. The Labute approximate surface area is 140 Å². The van der Waals surface area contributed by atoms with Crippen LogP contribution in [0.3, 0.4) is 0 Å². The van der Waals surface area contributed by atoms with Crippen LogP contribution in [0.2, 0.25) is 0 Å². The molecule has 0 aliphatic carbocycles. The maximum absolute atomic E-state index is 5.60. The Morgan fingerprint density at radius 3 is 2.58 bits per heavy atom. The molecular weight excluding hydrogens is 302 g/mol. The SMILES string of the molecule is Cc1ccc(-c2noc([C@@H]3CNC[C@H]3c3cnn(C)c3C)n2)cc1. The number of aryl methyl sites for hydroxylation is 2. The van der Waals surface area contributed by atoms with Crippen molar-refractivity contribution in [1.29, 1.82) is 0 Å². The van der Waals surface area contributed by atoms with Crippen LogP contribution in [0.15, 0.2) is 35.0 Å².